The number of fused-ring (bicyclic) bond motifs is 4. The molecule has 208 valence electrons. The molecule has 9 nitrogen and oxygen atoms in total. The molecule has 2 aliphatic rings. The zero-order valence-electron chi connectivity index (χ0n) is 22.7. The highest BCUT2D eigenvalue weighted by atomic mass is 16.5. The molecule has 2 aromatic carbocycles. The van der Waals surface area contributed by atoms with Gasteiger partial charge in [0.15, 0.2) is 0 Å². The molecule has 9 heteroatoms. The van der Waals surface area contributed by atoms with Crippen molar-refractivity contribution in [1.29, 1.82) is 0 Å². The number of nitrogens with zero attached hydrogens (tertiary/aromatic N) is 3. The second kappa shape index (κ2) is 11.3. The van der Waals surface area contributed by atoms with Crippen molar-refractivity contribution in [2.75, 3.05) is 30.4 Å². The molecule has 2 atom stereocenters. The van der Waals surface area contributed by atoms with Crippen LogP contribution in [0.4, 0.5) is 11.4 Å². The van der Waals surface area contributed by atoms with E-state index in [1.807, 2.05) is 47.0 Å². The van der Waals surface area contributed by atoms with Crippen molar-refractivity contribution in [3.8, 4) is 5.75 Å². The predicted octanol–water partition coefficient (Wildman–Crippen LogP) is 4.06. The molecule has 4 heterocycles. The van der Waals surface area contributed by atoms with Crippen LogP contribution >= 0.6 is 0 Å². The Balaban J connectivity index is 1.29. The van der Waals surface area contributed by atoms with E-state index in [1.165, 1.54) is 6.20 Å². The van der Waals surface area contributed by atoms with Gasteiger partial charge >= 0.3 is 0 Å². The average Bonchev–Trinajstić information content (AvgIpc) is 3.01. The van der Waals surface area contributed by atoms with Crippen LogP contribution in [0.15, 0.2) is 90.0 Å². The first-order chi connectivity index (χ1) is 20.0. The summed E-state index contributed by atoms with van der Waals surface area (Å²) in [6, 6.07) is 21.8. The fourth-order valence-electron chi connectivity index (χ4n) is 5.96. The van der Waals surface area contributed by atoms with Gasteiger partial charge in [-0.3, -0.25) is 19.4 Å². The molecule has 1 fully saturated rings. The van der Waals surface area contributed by atoms with Gasteiger partial charge in [-0.05, 0) is 54.8 Å². The van der Waals surface area contributed by atoms with E-state index in [9.17, 15) is 14.4 Å². The monoisotopic (exact) mass is 549 g/mol. The number of nitrogens with one attached hydrogen (secondary N) is 2. The highest BCUT2D eigenvalue weighted by Crippen LogP contribution is 2.39. The standard InChI is InChI=1S/C32H31N5O4/c1-41-29-9-3-2-6-23(29)17-34-31(39)22-11-12-28(26(15-22)35-32(40)24-7-5-13-33-16-24)36-18-21-14-25(20-36)27-8-4-10-30(38)37(27)19-21/h2-13,15-16,21,25H,14,17-20H2,1H3,(H,34,39)(H,35,40). The Bertz CT molecular complexity index is 1650. The van der Waals surface area contributed by atoms with E-state index in [4.69, 9.17) is 4.74 Å². The number of pyridine rings is 2. The van der Waals surface area contributed by atoms with E-state index in [2.05, 4.69) is 20.5 Å². The molecule has 2 aromatic heterocycles. The van der Waals surface area contributed by atoms with Gasteiger partial charge < -0.3 is 24.8 Å². The molecule has 2 bridgehead atoms. The lowest BCUT2D eigenvalue weighted by Crippen LogP contribution is -2.47. The van der Waals surface area contributed by atoms with Crippen LogP contribution in [-0.2, 0) is 13.1 Å². The number of piperidine rings is 1. The van der Waals surface area contributed by atoms with E-state index in [-0.39, 0.29) is 23.3 Å². The highest BCUT2D eigenvalue weighted by Gasteiger charge is 2.35. The summed E-state index contributed by atoms with van der Waals surface area (Å²) in [5.41, 5.74) is 4.20. The second-order valence-corrected chi connectivity index (χ2v) is 10.5. The number of ether oxygens (including phenoxy) is 1. The molecule has 0 radical (unpaired) electrons. The summed E-state index contributed by atoms with van der Waals surface area (Å²) in [7, 11) is 1.60. The maximum atomic E-state index is 13.2. The molecule has 0 saturated carbocycles. The third-order valence-corrected chi connectivity index (χ3v) is 7.88. The van der Waals surface area contributed by atoms with Crippen LogP contribution in [0.2, 0.25) is 0 Å². The first-order valence-corrected chi connectivity index (χ1v) is 13.7. The van der Waals surface area contributed by atoms with Crippen molar-refractivity contribution in [2.24, 2.45) is 5.92 Å². The fraction of sp³-hybridized carbons (Fsp3) is 0.250. The number of rotatable bonds is 7. The van der Waals surface area contributed by atoms with Crippen LogP contribution in [0.5, 0.6) is 5.75 Å². The molecule has 41 heavy (non-hydrogen) atoms. The lowest BCUT2D eigenvalue weighted by molar-refractivity contribution is 0.0949. The molecule has 2 aliphatic heterocycles. The molecule has 2 N–H and O–H groups in total. The van der Waals surface area contributed by atoms with Crippen LogP contribution in [0.25, 0.3) is 0 Å². The lowest BCUT2D eigenvalue weighted by Gasteiger charge is -2.44. The minimum atomic E-state index is -0.306. The van der Waals surface area contributed by atoms with Gasteiger partial charge in [0.1, 0.15) is 5.75 Å². The van der Waals surface area contributed by atoms with Crippen molar-refractivity contribution >= 4 is 23.2 Å². The van der Waals surface area contributed by atoms with E-state index < -0.39 is 0 Å². The van der Waals surface area contributed by atoms with Crippen LogP contribution in [-0.4, -0.2) is 41.6 Å². The van der Waals surface area contributed by atoms with Crippen LogP contribution in [0.1, 0.15) is 44.3 Å². The minimum absolute atomic E-state index is 0.0403. The van der Waals surface area contributed by atoms with Crippen LogP contribution in [0, 0.1) is 5.92 Å². The number of anilines is 2. The minimum Gasteiger partial charge on any atom is -0.496 e. The summed E-state index contributed by atoms with van der Waals surface area (Å²) < 4.78 is 7.30. The van der Waals surface area contributed by atoms with Crippen LogP contribution < -0.4 is 25.8 Å². The lowest BCUT2D eigenvalue weighted by atomic mass is 9.83. The van der Waals surface area contributed by atoms with Gasteiger partial charge in [-0.15, -0.1) is 0 Å². The summed E-state index contributed by atoms with van der Waals surface area (Å²) in [5.74, 6) is 0.629. The molecule has 4 aromatic rings. The Hall–Kier alpha value is -4.92. The van der Waals surface area contributed by atoms with Gasteiger partial charge in [-0.25, -0.2) is 0 Å². The van der Waals surface area contributed by atoms with E-state index >= 15 is 0 Å². The quantitative estimate of drug-likeness (QED) is 0.360. The third-order valence-electron chi connectivity index (χ3n) is 7.88. The third kappa shape index (κ3) is 5.43. The van der Waals surface area contributed by atoms with Crippen molar-refractivity contribution in [2.45, 2.75) is 25.4 Å². The Morgan fingerprint density at radius 2 is 1.83 bits per heavy atom. The van der Waals surface area contributed by atoms with E-state index in [0.29, 0.717) is 48.1 Å². The average molecular weight is 550 g/mol. The maximum absolute atomic E-state index is 13.2. The zero-order valence-corrected chi connectivity index (χ0v) is 22.7. The first kappa shape index (κ1) is 26.3. The van der Waals surface area contributed by atoms with Crippen LogP contribution in [0.3, 0.4) is 0 Å². The number of carbonyl (C=O) groups is 2. The first-order valence-electron chi connectivity index (χ1n) is 13.7. The normalized spacial score (nSPS) is 17.3. The van der Waals surface area contributed by atoms with Crippen molar-refractivity contribution in [3.05, 3.63) is 118 Å². The number of hydrogen-bond acceptors (Lipinski definition) is 6. The molecule has 2 unspecified atom stereocenters. The van der Waals surface area contributed by atoms with Gasteiger partial charge in [-0.1, -0.05) is 24.3 Å². The topological polar surface area (TPSA) is 106 Å². The maximum Gasteiger partial charge on any atom is 0.257 e. The molecule has 1 saturated heterocycles. The molecule has 6 rings (SSSR count). The summed E-state index contributed by atoms with van der Waals surface area (Å²) in [5, 5.41) is 5.99. The summed E-state index contributed by atoms with van der Waals surface area (Å²) >= 11 is 0. The molecule has 2 amide bonds. The number of aromatic nitrogens is 2. The van der Waals surface area contributed by atoms with Crippen molar-refractivity contribution < 1.29 is 14.3 Å². The number of para-hydroxylation sites is 1. The van der Waals surface area contributed by atoms with Gasteiger partial charge in [0.05, 0.1) is 24.0 Å². The van der Waals surface area contributed by atoms with Crippen molar-refractivity contribution in [1.82, 2.24) is 14.9 Å². The highest BCUT2D eigenvalue weighted by molar-refractivity contribution is 6.07. The molecular weight excluding hydrogens is 518 g/mol. The zero-order chi connectivity index (χ0) is 28.3. The smallest absolute Gasteiger partial charge is 0.257 e. The van der Waals surface area contributed by atoms with Gasteiger partial charge in [0.25, 0.3) is 17.4 Å². The molecular formula is C32H31N5O4. The number of amides is 2. The molecule has 0 spiro atoms. The second-order valence-electron chi connectivity index (χ2n) is 10.5. The van der Waals surface area contributed by atoms with Crippen molar-refractivity contribution in [3.63, 3.8) is 0 Å². The van der Waals surface area contributed by atoms with Gasteiger partial charge in [0, 0.05) is 67.4 Å². The Kier molecular flexibility index (Phi) is 7.24. The number of hydrogen-bond donors (Lipinski definition) is 2. The largest absolute Gasteiger partial charge is 0.496 e. The fourth-order valence-corrected chi connectivity index (χ4v) is 5.96. The Labute approximate surface area is 237 Å². The SMILES string of the molecule is COc1ccccc1CNC(=O)c1ccc(N2CC3CC(C2)c2cccc(=O)n2C3)c(NC(=O)c2cccnc2)c1. The Morgan fingerprint density at radius 3 is 2.66 bits per heavy atom. The number of benzene rings is 2. The van der Waals surface area contributed by atoms with Gasteiger partial charge in [0.2, 0.25) is 0 Å². The van der Waals surface area contributed by atoms with Gasteiger partial charge in [-0.2, -0.15) is 0 Å². The summed E-state index contributed by atoms with van der Waals surface area (Å²) in [6.45, 7) is 2.42. The number of methoxy groups -OCH3 is 1. The number of carbonyl (C=O) groups excluding carboxylic acids is 2. The summed E-state index contributed by atoms with van der Waals surface area (Å²) in [6.07, 6.45) is 4.14. The predicted molar refractivity (Wildman–Crippen MR) is 157 cm³/mol. The van der Waals surface area contributed by atoms with E-state index in [0.717, 1.165) is 29.9 Å². The Morgan fingerprint density at radius 1 is 0.951 bits per heavy atom. The summed E-state index contributed by atoms with van der Waals surface area (Å²) in [4.78, 5) is 45.2. The van der Waals surface area contributed by atoms with E-state index in [1.54, 1.807) is 43.6 Å². The molecule has 0 aliphatic carbocycles.